The van der Waals surface area contributed by atoms with Gasteiger partial charge in [0.05, 0.1) is 0 Å². The molecule has 0 spiro atoms. The van der Waals surface area contributed by atoms with Crippen LogP contribution in [-0.4, -0.2) is 5.21 Å². The molecule has 2 N–H and O–H groups in total. The molecule has 0 saturated carbocycles. The van der Waals surface area contributed by atoms with E-state index in [9.17, 15) is 5.21 Å². The molecule has 1 rings (SSSR count). The lowest BCUT2D eigenvalue weighted by Gasteiger charge is -2.04. The van der Waals surface area contributed by atoms with Crippen molar-refractivity contribution in [1.29, 1.82) is 0 Å². The van der Waals surface area contributed by atoms with Gasteiger partial charge in [0, 0.05) is 6.42 Å². The van der Waals surface area contributed by atoms with Gasteiger partial charge in [0.15, 0.2) is 0 Å². The number of nitrogens with one attached hydrogen (secondary N) is 1. The Labute approximate surface area is 35.0 Å². The summed E-state index contributed by atoms with van der Waals surface area (Å²) in [7, 11) is 0. The summed E-state index contributed by atoms with van der Waals surface area (Å²) < 4.78 is 0. The summed E-state index contributed by atoms with van der Waals surface area (Å²) in [5, 5.41) is 16.9. The summed E-state index contributed by atoms with van der Waals surface area (Å²) >= 11 is 0. The second-order valence-electron chi connectivity index (χ2n) is 1.24. The maximum Gasteiger partial charge on any atom is 0.140 e. The molecule has 1 atom stereocenters. The Hall–Kier alpha value is -0.380. The van der Waals surface area contributed by atoms with E-state index in [0.29, 0.717) is 12.1 Å². The van der Waals surface area contributed by atoms with Crippen molar-refractivity contribution in [3.8, 4) is 0 Å². The Bertz CT molecular complexity index is 86.8. The number of hydroxylamine groups is 2. The largest absolute Gasteiger partial charge is 0.595 e. The van der Waals surface area contributed by atoms with Gasteiger partial charge in [0.1, 0.15) is 5.70 Å². The molecule has 0 heterocycles. The molecule has 0 radical (unpaired) electrons. The van der Waals surface area contributed by atoms with Crippen molar-refractivity contribution in [1.82, 2.24) is 0 Å². The highest BCUT2D eigenvalue weighted by Crippen LogP contribution is 2.07. The Kier molecular flexibility index (Phi) is 0.660. The minimum Gasteiger partial charge on any atom is -0.595 e. The maximum absolute atomic E-state index is 9.69. The van der Waals surface area contributed by atoms with Gasteiger partial charge in [-0.05, 0) is 6.08 Å². The summed E-state index contributed by atoms with van der Waals surface area (Å²) in [6, 6.07) is 0. The van der Waals surface area contributed by atoms with Crippen LogP contribution in [0.5, 0.6) is 0 Å². The molecule has 0 aromatic heterocycles. The van der Waals surface area contributed by atoms with Crippen molar-refractivity contribution >= 4 is 0 Å². The standard InChI is InChI=1S/C3H5NO2/c5-4(6)3-1-2-3/h1,4-5H,2H2. The average Bonchev–Trinajstić information content (AvgIpc) is 2.06. The topological polar surface area (TPSA) is 47.7 Å². The van der Waals surface area contributed by atoms with Gasteiger partial charge in [-0.1, -0.05) is 0 Å². The first kappa shape index (κ1) is 3.80. The number of rotatable bonds is 1. The summed E-state index contributed by atoms with van der Waals surface area (Å²) in [6.07, 6.45) is 2.37. The van der Waals surface area contributed by atoms with Crippen molar-refractivity contribution < 1.29 is 10.4 Å². The normalized spacial score (nSPS) is 22.7. The molecule has 0 saturated heterocycles. The van der Waals surface area contributed by atoms with Crippen LogP contribution in [0, 0.1) is 5.21 Å². The highest BCUT2D eigenvalue weighted by atomic mass is 16.8. The lowest BCUT2D eigenvalue weighted by molar-refractivity contribution is -1.01. The van der Waals surface area contributed by atoms with E-state index in [2.05, 4.69) is 0 Å². The van der Waals surface area contributed by atoms with Crippen LogP contribution < -0.4 is 5.23 Å². The molecule has 0 aromatic rings. The third kappa shape index (κ3) is 0.567. The first-order chi connectivity index (χ1) is 2.80. The van der Waals surface area contributed by atoms with Gasteiger partial charge < -0.3 is 5.21 Å². The zero-order valence-corrected chi connectivity index (χ0v) is 3.14. The Morgan fingerprint density at radius 1 is 2.00 bits per heavy atom. The lowest BCUT2D eigenvalue weighted by atomic mass is 10.8. The van der Waals surface area contributed by atoms with Crippen molar-refractivity contribution in [2.75, 3.05) is 0 Å². The van der Waals surface area contributed by atoms with E-state index in [-0.39, 0.29) is 0 Å². The van der Waals surface area contributed by atoms with Gasteiger partial charge in [0.25, 0.3) is 0 Å². The number of allylic oxidation sites excluding steroid dienone is 2. The van der Waals surface area contributed by atoms with Crippen molar-refractivity contribution in [2.45, 2.75) is 6.42 Å². The van der Waals surface area contributed by atoms with Crippen LogP contribution >= 0.6 is 0 Å². The summed E-state index contributed by atoms with van der Waals surface area (Å²) in [4.78, 5) is 0. The molecule has 0 fully saturated rings. The van der Waals surface area contributed by atoms with Crippen LogP contribution in [0.1, 0.15) is 6.42 Å². The van der Waals surface area contributed by atoms with Crippen molar-refractivity contribution in [3.05, 3.63) is 17.0 Å². The predicted octanol–water partition coefficient (Wildman–Crippen LogP) is -0.954. The first-order valence-corrected chi connectivity index (χ1v) is 1.73. The van der Waals surface area contributed by atoms with E-state index >= 15 is 0 Å². The second kappa shape index (κ2) is 1.04. The summed E-state index contributed by atoms with van der Waals surface area (Å²) in [5.74, 6) is 0. The van der Waals surface area contributed by atoms with E-state index in [1.54, 1.807) is 6.08 Å². The third-order valence-electron chi connectivity index (χ3n) is 0.683. The van der Waals surface area contributed by atoms with Gasteiger partial charge in [-0.15, -0.1) is 0 Å². The van der Waals surface area contributed by atoms with E-state index in [1.807, 2.05) is 0 Å². The van der Waals surface area contributed by atoms with Crippen molar-refractivity contribution in [2.24, 2.45) is 0 Å². The molecule has 1 aliphatic carbocycles. The highest BCUT2D eigenvalue weighted by Gasteiger charge is 2.13. The molecule has 34 valence electrons. The molecule has 0 amide bonds. The molecule has 0 bridgehead atoms. The summed E-state index contributed by atoms with van der Waals surface area (Å²) in [5.41, 5.74) is 0.551. The Morgan fingerprint density at radius 3 is 2.50 bits per heavy atom. The van der Waals surface area contributed by atoms with E-state index in [4.69, 9.17) is 5.21 Å². The monoisotopic (exact) mass is 87.0 g/mol. The van der Waals surface area contributed by atoms with Crippen LogP contribution in [0.15, 0.2) is 11.8 Å². The number of hydrogen-bond acceptors (Lipinski definition) is 2. The zero-order chi connectivity index (χ0) is 4.57. The van der Waals surface area contributed by atoms with Gasteiger partial charge in [-0.2, -0.15) is 5.23 Å². The fourth-order valence-corrected chi connectivity index (χ4v) is 0.226. The highest BCUT2D eigenvalue weighted by molar-refractivity contribution is 5.11. The maximum atomic E-state index is 9.69. The lowest BCUT2D eigenvalue weighted by Crippen LogP contribution is -3.01. The van der Waals surface area contributed by atoms with Gasteiger partial charge >= 0.3 is 0 Å². The van der Waals surface area contributed by atoms with E-state index < -0.39 is 5.23 Å². The molecule has 0 aromatic carbocycles. The van der Waals surface area contributed by atoms with Crippen molar-refractivity contribution in [3.63, 3.8) is 0 Å². The minimum atomic E-state index is -0.769. The van der Waals surface area contributed by atoms with Gasteiger partial charge in [-0.25, -0.2) is 5.21 Å². The zero-order valence-electron chi connectivity index (χ0n) is 3.14. The minimum absolute atomic E-state index is 0.551. The number of quaternary nitrogens is 1. The van der Waals surface area contributed by atoms with Crippen LogP contribution in [0.2, 0.25) is 0 Å². The molecular weight excluding hydrogens is 82.0 g/mol. The average molecular weight is 87.1 g/mol. The van der Waals surface area contributed by atoms with Crippen LogP contribution in [0.3, 0.4) is 0 Å². The fourth-order valence-electron chi connectivity index (χ4n) is 0.226. The van der Waals surface area contributed by atoms with Crippen LogP contribution in [0.25, 0.3) is 0 Å². The molecule has 3 nitrogen and oxygen atoms in total. The SMILES string of the molecule is [O-][NH+](O)C1=CC1. The molecule has 0 aliphatic heterocycles. The smallest absolute Gasteiger partial charge is 0.140 e. The first-order valence-electron chi connectivity index (χ1n) is 1.73. The molecular formula is C3H5NO2. The Balaban J connectivity index is 2.31. The van der Waals surface area contributed by atoms with Gasteiger partial charge in [-0.3, -0.25) is 0 Å². The Morgan fingerprint density at radius 2 is 2.50 bits per heavy atom. The molecule has 1 unspecified atom stereocenters. The van der Waals surface area contributed by atoms with Crippen LogP contribution in [0.4, 0.5) is 0 Å². The molecule has 3 heteroatoms. The quantitative estimate of drug-likeness (QED) is 0.405. The fraction of sp³-hybridized carbons (Fsp3) is 0.333. The second-order valence-corrected chi connectivity index (χ2v) is 1.24. The number of hydrogen-bond donors (Lipinski definition) is 2. The third-order valence-corrected chi connectivity index (χ3v) is 0.683. The molecule has 6 heavy (non-hydrogen) atoms. The summed E-state index contributed by atoms with van der Waals surface area (Å²) in [6.45, 7) is 0. The van der Waals surface area contributed by atoms with Gasteiger partial charge in [0.2, 0.25) is 0 Å². The van der Waals surface area contributed by atoms with E-state index in [0.717, 1.165) is 0 Å². The van der Waals surface area contributed by atoms with E-state index in [1.165, 1.54) is 0 Å². The van der Waals surface area contributed by atoms with Crippen LogP contribution in [-0.2, 0) is 0 Å². The predicted molar refractivity (Wildman–Crippen MR) is 18.8 cm³/mol. The molecule has 1 aliphatic rings.